The summed E-state index contributed by atoms with van der Waals surface area (Å²) in [6.07, 6.45) is 0.791. The van der Waals surface area contributed by atoms with E-state index in [9.17, 15) is 4.79 Å². The summed E-state index contributed by atoms with van der Waals surface area (Å²) in [6, 6.07) is 3.49. The van der Waals surface area contributed by atoms with Crippen LogP contribution >= 0.6 is 15.9 Å². The standard InChI is InChI=1S/C9H10BrNO2/c1-11-9-6(5-12)3-7(13-2)4-8(9)10/h3-5,11H,1-2H3. The summed E-state index contributed by atoms with van der Waals surface area (Å²) in [6.45, 7) is 0. The molecule has 0 heterocycles. The van der Waals surface area contributed by atoms with Crippen molar-refractivity contribution in [1.29, 1.82) is 0 Å². The van der Waals surface area contributed by atoms with Crippen molar-refractivity contribution in [2.24, 2.45) is 0 Å². The van der Waals surface area contributed by atoms with Gasteiger partial charge in [-0.05, 0) is 28.1 Å². The first kappa shape index (κ1) is 10.1. The number of halogens is 1. The van der Waals surface area contributed by atoms with Gasteiger partial charge in [-0.15, -0.1) is 0 Å². The highest BCUT2D eigenvalue weighted by Crippen LogP contribution is 2.30. The molecule has 0 radical (unpaired) electrons. The zero-order chi connectivity index (χ0) is 9.84. The second kappa shape index (κ2) is 4.28. The molecule has 0 amide bonds. The molecule has 0 fully saturated rings. The van der Waals surface area contributed by atoms with E-state index in [0.29, 0.717) is 11.3 Å². The van der Waals surface area contributed by atoms with Gasteiger partial charge in [0.1, 0.15) is 5.75 Å². The summed E-state index contributed by atoms with van der Waals surface area (Å²) >= 11 is 3.34. The Kier molecular flexibility index (Phi) is 3.31. The summed E-state index contributed by atoms with van der Waals surface area (Å²) in [5, 5.41) is 2.93. The molecule has 0 aromatic heterocycles. The lowest BCUT2D eigenvalue weighted by molar-refractivity contribution is 0.112. The molecule has 0 aliphatic heterocycles. The average molecular weight is 244 g/mol. The number of rotatable bonds is 3. The topological polar surface area (TPSA) is 38.3 Å². The van der Waals surface area contributed by atoms with Crippen LogP contribution in [0.4, 0.5) is 5.69 Å². The van der Waals surface area contributed by atoms with E-state index in [1.54, 1.807) is 26.3 Å². The Labute approximate surface area is 85.2 Å². The van der Waals surface area contributed by atoms with Gasteiger partial charge in [-0.3, -0.25) is 4.79 Å². The van der Waals surface area contributed by atoms with Crippen molar-refractivity contribution in [3.8, 4) is 5.75 Å². The van der Waals surface area contributed by atoms with Crippen molar-refractivity contribution in [2.45, 2.75) is 0 Å². The molecule has 4 heteroatoms. The van der Waals surface area contributed by atoms with Crippen LogP contribution in [0, 0.1) is 0 Å². The highest BCUT2D eigenvalue weighted by atomic mass is 79.9. The zero-order valence-corrected chi connectivity index (χ0v) is 9.01. The number of hydrogen-bond donors (Lipinski definition) is 1. The largest absolute Gasteiger partial charge is 0.497 e. The maximum atomic E-state index is 10.7. The van der Waals surface area contributed by atoms with Crippen LogP contribution in [-0.2, 0) is 0 Å². The van der Waals surface area contributed by atoms with Gasteiger partial charge in [0.15, 0.2) is 6.29 Å². The highest BCUT2D eigenvalue weighted by molar-refractivity contribution is 9.10. The fourth-order valence-electron chi connectivity index (χ4n) is 1.08. The Bertz CT molecular complexity index is 326. The monoisotopic (exact) mass is 243 g/mol. The van der Waals surface area contributed by atoms with Crippen molar-refractivity contribution in [3.63, 3.8) is 0 Å². The van der Waals surface area contributed by atoms with Crippen LogP contribution in [0.1, 0.15) is 10.4 Å². The van der Waals surface area contributed by atoms with Gasteiger partial charge in [-0.1, -0.05) is 0 Å². The van der Waals surface area contributed by atoms with Gasteiger partial charge in [0.05, 0.1) is 12.8 Å². The first-order chi connectivity index (χ1) is 6.22. The first-order valence-corrected chi connectivity index (χ1v) is 4.52. The molecule has 13 heavy (non-hydrogen) atoms. The second-order valence-corrected chi connectivity index (χ2v) is 3.30. The van der Waals surface area contributed by atoms with Crippen LogP contribution in [-0.4, -0.2) is 20.4 Å². The van der Waals surface area contributed by atoms with Gasteiger partial charge in [-0.25, -0.2) is 0 Å². The lowest BCUT2D eigenvalue weighted by Crippen LogP contribution is -1.96. The fraction of sp³-hybridized carbons (Fsp3) is 0.222. The number of anilines is 1. The van der Waals surface area contributed by atoms with Crippen LogP contribution in [0.5, 0.6) is 5.75 Å². The van der Waals surface area contributed by atoms with E-state index in [4.69, 9.17) is 4.74 Å². The van der Waals surface area contributed by atoms with Crippen LogP contribution in [0.25, 0.3) is 0 Å². The number of ether oxygens (including phenoxy) is 1. The smallest absolute Gasteiger partial charge is 0.152 e. The Morgan fingerprint density at radius 1 is 1.54 bits per heavy atom. The normalized spacial score (nSPS) is 9.46. The Hall–Kier alpha value is -1.03. The van der Waals surface area contributed by atoms with Crippen molar-refractivity contribution in [2.75, 3.05) is 19.5 Å². The van der Waals surface area contributed by atoms with Gasteiger partial charge >= 0.3 is 0 Å². The molecule has 1 aromatic carbocycles. The summed E-state index contributed by atoms with van der Waals surface area (Å²) in [7, 11) is 3.33. The van der Waals surface area contributed by atoms with Crippen LogP contribution in [0.2, 0.25) is 0 Å². The molecule has 1 rings (SSSR count). The maximum absolute atomic E-state index is 10.7. The summed E-state index contributed by atoms with van der Waals surface area (Å²) in [4.78, 5) is 10.7. The molecule has 0 aliphatic rings. The maximum Gasteiger partial charge on any atom is 0.152 e. The van der Waals surface area contributed by atoms with Crippen LogP contribution in [0.3, 0.4) is 0 Å². The number of carbonyl (C=O) groups is 1. The number of benzene rings is 1. The average Bonchev–Trinajstić information content (AvgIpc) is 2.16. The van der Waals surface area contributed by atoms with Gasteiger partial charge in [0.25, 0.3) is 0 Å². The summed E-state index contributed by atoms with van der Waals surface area (Å²) in [5.41, 5.74) is 1.35. The molecule has 0 atom stereocenters. The molecule has 1 N–H and O–H groups in total. The molecule has 0 spiro atoms. The molecule has 0 saturated heterocycles. The van der Waals surface area contributed by atoms with E-state index in [1.807, 2.05) is 0 Å². The van der Waals surface area contributed by atoms with E-state index in [0.717, 1.165) is 16.4 Å². The summed E-state index contributed by atoms with van der Waals surface area (Å²) in [5.74, 6) is 0.660. The van der Waals surface area contributed by atoms with Gasteiger partial charge in [0, 0.05) is 17.1 Å². The van der Waals surface area contributed by atoms with E-state index >= 15 is 0 Å². The molecule has 70 valence electrons. The van der Waals surface area contributed by atoms with Crippen molar-refractivity contribution in [3.05, 3.63) is 22.2 Å². The van der Waals surface area contributed by atoms with Gasteiger partial charge in [-0.2, -0.15) is 0 Å². The quantitative estimate of drug-likeness (QED) is 0.829. The molecule has 0 bridgehead atoms. The molecule has 3 nitrogen and oxygen atoms in total. The molecular weight excluding hydrogens is 234 g/mol. The predicted molar refractivity (Wildman–Crippen MR) is 55.6 cm³/mol. The SMILES string of the molecule is CNc1c(Br)cc(OC)cc1C=O. The lowest BCUT2D eigenvalue weighted by atomic mass is 10.2. The molecule has 0 saturated carbocycles. The molecular formula is C9H10BrNO2. The third-order valence-electron chi connectivity index (χ3n) is 1.71. The Morgan fingerprint density at radius 3 is 2.69 bits per heavy atom. The summed E-state index contributed by atoms with van der Waals surface area (Å²) < 4.78 is 5.84. The minimum atomic E-state index is 0.578. The number of carbonyl (C=O) groups excluding carboxylic acids is 1. The number of nitrogens with one attached hydrogen (secondary N) is 1. The third kappa shape index (κ3) is 2.01. The molecule has 0 aliphatic carbocycles. The fourth-order valence-corrected chi connectivity index (χ4v) is 1.73. The minimum absolute atomic E-state index is 0.578. The van der Waals surface area contributed by atoms with E-state index in [-0.39, 0.29) is 0 Å². The number of hydrogen-bond acceptors (Lipinski definition) is 3. The Balaban J connectivity index is 3.28. The van der Waals surface area contributed by atoms with Gasteiger partial charge < -0.3 is 10.1 Å². The molecule has 1 aromatic rings. The zero-order valence-electron chi connectivity index (χ0n) is 7.43. The second-order valence-electron chi connectivity index (χ2n) is 2.44. The minimum Gasteiger partial charge on any atom is -0.497 e. The van der Waals surface area contributed by atoms with Crippen LogP contribution < -0.4 is 10.1 Å². The van der Waals surface area contributed by atoms with E-state index in [1.165, 1.54) is 0 Å². The third-order valence-corrected chi connectivity index (χ3v) is 2.33. The number of aldehydes is 1. The predicted octanol–water partition coefficient (Wildman–Crippen LogP) is 2.31. The van der Waals surface area contributed by atoms with Gasteiger partial charge in [0.2, 0.25) is 0 Å². The highest BCUT2D eigenvalue weighted by Gasteiger charge is 2.07. The van der Waals surface area contributed by atoms with Crippen molar-refractivity contribution < 1.29 is 9.53 Å². The first-order valence-electron chi connectivity index (χ1n) is 3.73. The van der Waals surface area contributed by atoms with Crippen LogP contribution in [0.15, 0.2) is 16.6 Å². The van der Waals surface area contributed by atoms with Crippen molar-refractivity contribution >= 4 is 27.9 Å². The van der Waals surface area contributed by atoms with E-state index in [2.05, 4.69) is 21.2 Å². The van der Waals surface area contributed by atoms with Crippen molar-refractivity contribution in [1.82, 2.24) is 0 Å². The lowest BCUT2D eigenvalue weighted by Gasteiger charge is -2.08. The molecule has 0 unspecified atom stereocenters. The number of methoxy groups -OCH3 is 1. The Morgan fingerprint density at radius 2 is 2.23 bits per heavy atom. The van der Waals surface area contributed by atoms with E-state index < -0.39 is 0 Å².